The van der Waals surface area contributed by atoms with Gasteiger partial charge in [-0.1, -0.05) is 53.8 Å². The van der Waals surface area contributed by atoms with Crippen LogP contribution in [0.4, 0.5) is 5.13 Å². The summed E-state index contributed by atoms with van der Waals surface area (Å²) in [6.07, 6.45) is 1.76. The van der Waals surface area contributed by atoms with Gasteiger partial charge in [-0.2, -0.15) is 5.10 Å². The van der Waals surface area contributed by atoms with Crippen molar-refractivity contribution in [3.8, 4) is 10.7 Å². The first-order valence-electron chi connectivity index (χ1n) is 8.61. The third kappa shape index (κ3) is 3.28. The molecule has 140 valence electrons. The van der Waals surface area contributed by atoms with Gasteiger partial charge in [-0.05, 0) is 36.0 Å². The molecule has 6 nitrogen and oxygen atoms in total. The maximum Gasteiger partial charge on any atom is 0.258 e. The first-order chi connectivity index (χ1) is 13.6. The van der Waals surface area contributed by atoms with E-state index in [2.05, 4.69) is 27.1 Å². The Morgan fingerprint density at radius 2 is 2.11 bits per heavy atom. The van der Waals surface area contributed by atoms with Crippen LogP contribution < -0.4 is 5.32 Å². The van der Waals surface area contributed by atoms with E-state index in [-0.39, 0.29) is 5.91 Å². The molecule has 4 rings (SSSR count). The number of H-pyrrole nitrogens is 1. The van der Waals surface area contributed by atoms with E-state index in [1.54, 1.807) is 6.08 Å². The average Bonchev–Trinajstić information content (AvgIpc) is 3.23. The number of carbonyl (C=O) groups excluding carboxylic acids is 1. The lowest BCUT2D eigenvalue weighted by molar-refractivity contribution is 0.102. The third-order valence-corrected chi connectivity index (χ3v) is 5.70. The zero-order valence-corrected chi connectivity index (χ0v) is 16.7. The SMILES string of the molecule is C=CCn1c(-c2sc(NC(=O)c3cccc4ccccc34)nc2C)n[nH]c1=S. The standard InChI is InChI=1S/C20H17N5OS2/c1-3-11-25-17(23-24-20(25)27)16-12(2)21-19(28-16)22-18(26)15-10-6-8-13-7-4-5-9-14(13)15/h3-10H,1,11H2,2H3,(H,24,27)(H,21,22,26). The van der Waals surface area contributed by atoms with Crippen molar-refractivity contribution in [3.05, 3.63) is 71.1 Å². The number of nitrogens with one attached hydrogen (secondary N) is 2. The second-order valence-electron chi connectivity index (χ2n) is 6.17. The highest BCUT2D eigenvalue weighted by Crippen LogP contribution is 2.32. The van der Waals surface area contributed by atoms with Crippen LogP contribution in [0.15, 0.2) is 55.1 Å². The Morgan fingerprint density at radius 1 is 1.32 bits per heavy atom. The van der Waals surface area contributed by atoms with E-state index in [0.29, 0.717) is 27.8 Å². The van der Waals surface area contributed by atoms with Gasteiger partial charge in [0.2, 0.25) is 0 Å². The maximum absolute atomic E-state index is 12.9. The van der Waals surface area contributed by atoms with Crippen molar-refractivity contribution < 1.29 is 4.79 Å². The highest BCUT2D eigenvalue weighted by molar-refractivity contribution is 7.71. The van der Waals surface area contributed by atoms with E-state index in [1.165, 1.54) is 11.3 Å². The molecule has 0 atom stereocenters. The summed E-state index contributed by atoms with van der Waals surface area (Å²) in [4.78, 5) is 18.2. The molecule has 2 heterocycles. The topological polar surface area (TPSA) is 75.6 Å². The third-order valence-electron chi connectivity index (χ3n) is 4.32. The Morgan fingerprint density at radius 3 is 2.93 bits per heavy atom. The van der Waals surface area contributed by atoms with Gasteiger partial charge in [0.15, 0.2) is 15.7 Å². The van der Waals surface area contributed by atoms with Gasteiger partial charge in [0.1, 0.15) is 0 Å². The number of fused-ring (bicyclic) bond motifs is 1. The van der Waals surface area contributed by atoms with E-state index < -0.39 is 0 Å². The number of thiazole rings is 1. The number of aromatic amines is 1. The number of carbonyl (C=O) groups is 1. The fourth-order valence-electron chi connectivity index (χ4n) is 3.03. The van der Waals surface area contributed by atoms with E-state index >= 15 is 0 Å². The molecule has 28 heavy (non-hydrogen) atoms. The molecule has 0 unspecified atom stereocenters. The molecule has 8 heteroatoms. The van der Waals surface area contributed by atoms with Crippen LogP contribution >= 0.6 is 23.6 Å². The lowest BCUT2D eigenvalue weighted by Crippen LogP contribution is -2.12. The molecule has 2 aromatic carbocycles. The monoisotopic (exact) mass is 407 g/mol. The van der Waals surface area contributed by atoms with Crippen molar-refractivity contribution in [2.24, 2.45) is 0 Å². The van der Waals surface area contributed by atoms with Crippen molar-refractivity contribution >= 4 is 45.4 Å². The number of aromatic nitrogens is 4. The van der Waals surface area contributed by atoms with Gasteiger partial charge >= 0.3 is 0 Å². The molecule has 2 aromatic heterocycles. The minimum absolute atomic E-state index is 0.193. The van der Waals surface area contributed by atoms with Gasteiger partial charge in [0, 0.05) is 12.1 Å². The number of aryl methyl sites for hydroxylation is 1. The molecule has 1 amide bonds. The first-order valence-corrected chi connectivity index (χ1v) is 9.84. The number of anilines is 1. The summed E-state index contributed by atoms with van der Waals surface area (Å²) in [5.74, 6) is 0.493. The molecular formula is C20H17N5OS2. The van der Waals surface area contributed by atoms with Gasteiger partial charge in [0.05, 0.1) is 10.6 Å². The second-order valence-corrected chi connectivity index (χ2v) is 7.55. The van der Waals surface area contributed by atoms with Gasteiger partial charge in [-0.15, -0.1) is 6.58 Å². The van der Waals surface area contributed by atoms with Crippen molar-refractivity contribution in [3.63, 3.8) is 0 Å². The molecular weight excluding hydrogens is 390 g/mol. The lowest BCUT2D eigenvalue weighted by atomic mass is 10.0. The molecule has 0 aliphatic carbocycles. The molecule has 0 fully saturated rings. The van der Waals surface area contributed by atoms with Crippen molar-refractivity contribution in [2.75, 3.05) is 5.32 Å². The Balaban J connectivity index is 1.67. The number of benzene rings is 2. The molecule has 4 aromatic rings. The van der Waals surface area contributed by atoms with Crippen molar-refractivity contribution in [2.45, 2.75) is 13.5 Å². The summed E-state index contributed by atoms with van der Waals surface area (Å²) in [7, 11) is 0. The van der Waals surface area contributed by atoms with Crippen LogP contribution in [0.25, 0.3) is 21.5 Å². The van der Waals surface area contributed by atoms with Crippen LogP contribution in [0, 0.1) is 11.7 Å². The summed E-state index contributed by atoms with van der Waals surface area (Å²) >= 11 is 6.65. The van der Waals surface area contributed by atoms with E-state index in [4.69, 9.17) is 12.2 Å². The van der Waals surface area contributed by atoms with Gasteiger partial charge < -0.3 is 0 Å². The van der Waals surface area contributed by atoms with Gasteiger partial charge in [0.25, 0.3) is 5.91 Å². The maximum atomic E-state index is 12.9. The van der Waals surface area contributed by atoms with Gasteiger partial charge in [-0.25, -0.2) is 4.98 Å². The number of nitrogens with zero attached hydrogens (tertiary/aromatic N) is 3. The molecule has 0 saturated heterocycles. The van der Waals surface area contributed by atoms with Crippen molar-refractivity contribution in [1.29, 1.82) is 0 Å². The molecule has 0 radical (unpaired) electrons. The summed E-state index contributed by atoms with van der Waals surface area (Å²) < 4.78 is 2.36. The fourth-order valence-corrected chi connectivity index (χ4v) is 4.20. The molecule has 0 bridgehead atoms. The number of hydrogen-bond acceptors (Lipinski definition) is 5. The first kappa shape index (κ1) is 18.3. The van der Waals surface area contributed by atoms with E-state index in [0.717, 1.165) is 21.3 Å². The predicted molar refractivity (Wildman–Crippen MR) is 115 cm³/mol. The normalized spacial score (nSPS) is 10.9. The van der Waals surface area contributed by atoms with Crippen LogP contribution in [0.2, 0.25) is 0 Å². The highest BCUT2D eigenvalue weighted by atomic mass is 32.1. The van der Waals surface area contributed by atoms with E-state index in [1.807, 2.05) is 54.0 Å². The average molecular weight is 408 g/mol. The van der Waals surface area contributed by atoms with Gasteiger partial charge in [-0.3, -0.25) is 19.8 Å². The highest BCUT2D eigenvalue weighted by Gasteiger charge is 2.18. The molecule has 0 aliphatic rings. The largest absolute Gasteiger partial charge is 0.298 e. The quantitative estimate of drug-likeness (QED) is 0.362. The molecule has 0 saturated carbocycles. The summed E-state index contributed by atoms with van der Waals surface area (Å²) in [5, 5.41) is 12.5. The zero-order chi connectivity index (χ0) is 19.7. The van der Waals surface area contributed by atoms with Crippen molar-refractivity contribution in [1.82, 2.24) is 19.7 Å². The summed E-state index contributed by atoms with van der Waals surface area (Å²) in [6.45, 7) is 6.18. The van der Waals surface area contributed by atoms with Crippen LogP contribution in [0.5, 0.6) is 0 Å². The number of amides is 1. The minimum atomic E-state index is -0.193. The Bertz CT molecular complexity index is 1250. The summed E-state index contributed by atoms with van der Waals surface area (Å²) in [6, 6.07) is 13.5. The Kier molecular flexibility index (Phi) is 4.89. The summed E-state index contributed by atoms with van der Waals surface area (Å²) in [5.41, 5.74) is 1.39. The van der Waals surface area contributed by atoms with Crippen LogP contribution in [0.1, 0.15) is 16.1 Å². The number of allylic oxidation sites excluding steroid dienone is 1. The fraction of sp³-hybridized carbons (Fsp3) is 0.100. The second kappa shape index (κ2) is 7.49. The smallest absolute Gasteiger partial charge is 0.258 e. The number of rotatable bonds is 5. The van der Waals surface area contributed by atoms with E-state index in [9.17, 15) is 4.79 Å². The van der Waals surface area contributed by atoms with Crippen LogP contribution in [-0.2, 0) is 6.54 Å². The predicted octanol–water partition coefficient (Wildman–Crippen LogP) is 4.96. The number of hydrogen-bond donors (Lipinski definition) is 2. The van der Waals surface area contributed by atoms with Crippen LogP contribution in [0.3, 0.4) is 0 Å². The zero-order valence-electron chi connectivity index (χ0n) is 15.1. The lowest BCUT2D eigenvalue weighted by Gasteiger charge is -2.06. The Hall–Kier alpha value is -3.10. The Labute approximate surface area is 170 Å². The molecule has 0 aliphatic heterocycles. The molecule has 0 spiro atoms. The minimum Gasteiger partial charge on any atom is -0.298 e. The molecule has 2 N–H and O–H groups in total. The van der Waals surface area contributed by atoms with Crippen LogP contribution in [-0.4, -0.2) is 25.7 Å².